The topological polar surface area (TPSA) is 43.1 Å². The van der Waals surface area contributed by atoms with Gasteiger partial charge in [-0.2, -0.15) is 0 Å². The minimum Gasteiger partial charge on any atom is -0.258 e. The molecule has 2 rings (SSSR count). The molecule has 0 fully saturated rings. The number of nitro groups is 1. The lowest BCUT2D eigenvalue weighted by molar-refractivity contribution is -0.374. The van der Waals surface area contributed by atoms with Gasteiger partial charge in [-0.25, -0.2) is 8.78 Å². The van der Waals surface area contributed by atoms with Crippen LogP contribution in [0.2, 0.25) is 0 Å². The molecule has 0 radical (unpaired) electrons. The van der Waals surface area contributed by atoms with Crippen molar-refractivity contribution < 1.29 is 13.7 Å². The molecule has 0 heterocycles. The minimum absolute atomic E-state index is 0.0306. The molecule has 0 spiro atoms. The van der Waals surface area contributed by atoms with Crippen molar-refractivity contribution in [3.05, 3.63) is 81.4 Å². The highest BCUT2D eigenvalue weighted by molar-refractivity contribution is 5.76. The zero-order chi connectivity index (χ0) is 13.8. The molecule has 0 N–H and O–H groups in total. The van der Waals surface area contributed by atoms with E-state index in [0.29, 0.717) is 11.6 Å². The average molecular weight is 261 g/mol. The molecular formula is C14H9F2NO2. The van der Waals surface area contributed by atoms with Crippen molar-refractivity contribution in [3.8, 4) is 0 Å². The first-order chi connectivity index (χ1) is 9.08. The van der Waals surface area contributed by atoms with Crippen molar-refractivity contribution in [2.24, 2.45) is 0 Å². The summed E-state index contributed by atoms with van der Waals surface area (Å²) in [4.78, 5) is 10.4. The fraction of sp³-hybridized carbons (Fsp3) is 0. The van der Waals surface area contributed by atoms with Gasteiger partial charge in [0.15, 0.2) is 0 Å². The Balaban J connectivity index is 2.51. The summed E-state index contributed by atoms with van der Waals surface area (Å²) < 4.78 is 26.3. The molecule has 5 heteroatoms. The van der Waals surface area contributed by atoms with Crippen LogP contribution >= 0.6 is 0 Å². The molecule has 0 aliphatic heterocycles. The summed E-state index contributed by atoms with van der Waals surface area (Å²) in [5.41, 5.74) is 0.0827. The molecular weight excluding hydrogens is 252 g/mol. The highest BCUT2D eigenvalue weighted by atomic mass is 19.1. The molecule has 0 bridgehead atoms. The second-order valence-electron chi connectivity index (χ2n) is 3.82. The molecule has 0 saturated heterocycles. The van der Waals surface area contributed by atoms with Crippen LogP contribution in [0.3, 0.4) is 0 Å². The zero-order valence-electron chi connectivity index (χ0n) is 9.72. The highest BCUT2D eigenvalue weighted by Crippen LogP contribution is 2.20. The summed E-state index contributed by atoms with van der Waals surface area (Å²) in [5.74, 6) is -1.56. The van der Waals surface area contributed by atoms with Gasteiger partial charge in [0, 0.05) is 17.7 Å². The second kappa shape index (κ2) is 5.39. The third-order valence-corrected chi connectivity index (χ3v) is 2.52. The monoisotopic (exact) mass is 261 g/mol. The van der Waals surface area contributed by atoms with Gasteiger partial charge in [-0.3, -0.25) is 10.1 Å². The molecule has 96 valence electrons. The van der Waals surface area contributed by atoms with E-state index >= 15 is 0 Å². The lowest BCUT2D eigenvalue weighted by atomic mass is 10.1. The van der Waals surface area contributed by atoms with Gasteiger partial charge >= 0.3 is 0 Å². The number of hydrogen-bond acceptors (Lipinski definition) is 2. The van der Waals surface area contributed by atoms with Crippen LogP contribution in [-0.2, 0) is 0 Å². The van der Waals surface area contributed by atoms with Crippen molar-refractivity contribution in [1.82, 2.24) is 0 Å². The highest BCUT2D eigenvalue weighted by Gasteiger charge is 2.15. The van der Waals surface area contributed by atoms with Crippen molar-refractivity contribution >= 4 is 11.8 Å². The predicted octanol–water partition coefficient (Wildman–Crippen LogP) is 3.74. The van der Waals surface area contributed by atoms with Gasteiger partial charge in [0.25, 0.3) is 5.70 Å². The third kappa shape index (κ3) is 3.01. The van der Waals surface area contributed by atoms with Crippen molar-refractivity contribution in [1.29, 1.82) is 0 Å². The maximum Gasteiger partial charge on any atom is 0.277 e. The SMILES string of the molecule is O=[N+]([O-])C(=Cc1ccc(F)cc1F)c1ccccc1. The Labute approximate surface area is 108 Å². The molecule has 0 amide bonds. The summed E-state index contributed by atoms with van der Waals surface area (Å²) >= 11 is 0. The van der Waals surface area contributed by atoms with Crippen LogP contribution in [0, 0.1) is 21.7 Å². The van der Waals surface area contributed by atoms with Crippen molar-refractivity contribution in [3.63, 3.8) is 0 Å². The van der Waals surface area contributed by atoms with Crippen molar-refractivity contribution in [2.75, 3.05) is 0 Å². The Kier molecular flexibility index (Phi) is 3.66. The Morgan fingerprint density at radius 1 is 1.11 bits per heavy atom. The first-order valence-electron chi connectivity index (χ1n) is 5.44. The van der Waals surface area contributed by atoms with Gasteiger partial charge in [0.05, 0.1) is 10.5 Å². The van der Waals surface area contributed by atoms with Gasteiger partial charge in [-0.1, -0.05) is 18.2 Å². The van der Waals surface area contributed by atoms with Crippen LogP contribution in [-0.4, -0.2) is 4.92 Å². The number of halogens is 2. The van der Waals surface area contributed by atoms with Gasteiger partial charge in [-0.05, 0) is 24.3 Å². The van der Waals surface area contributed by atoms with Crippen LogP contribution in [0.5, 0.6) is 0 Å². The van der Waals surface area contributed by atoms with Crippen LogP contribution in [0.15, 0.2) is 48.5 Å². The minimum atomic E-state index is -0.838. The lowest BCUT2D eigenvalue weighted by Gasteiger charge is -2.00. The molecule has 0 saturated carbocycles. The molecule has 0 aliphatic rings. The van der Waals surface area contributed by atoms with Crippen molar-refractivity contribution in [2.45, 2.75) is 0 Å². The summed E-state index contributed by atoms with van der Waals surface area (Å²) in [6.07, 6.45) is 1.09. The van der Waals surface area contributed by atoms with E-state index in [1.165, 1.54) is 0 Å². The molecule has 0 atom stereocenters. The number of rotatable bonds is 3. The van der Waals surface area contributed by atoms with Gasteiger partial charge in [0.1, 0.15) is 11.6 Å². The normalized spacial score (nSPS) is 11.4. The summed E-state index contributed by atoms with van der Waals surface area (Å²) in [5, 5.41) is 11.0. The van der Waals surface area contributed by atoms with Crippen LogP contribution in [0.1, 0.15) is 11.1 Å². The van der Waals surface area contributed by atoms with Gasteiger partial charge < -0.3 is 0 Å². The maximum absolute atomic E-state index is 13.5. The molecule has 0 aromatic heterocycles. The molecule has 0 unspecified atom stereocenters. The first-order valence-corrected chi connectivity index (χ1v) is 5.44. The summed E-state index contributed by atoms with van der Waals surface area (Å²) in [6, 6.07) is 11.0. The Hall–Kier alpha value is -2.56. The molecule has 2 aromatic carbocycles. The first kappa shape index (κ1) is 12.9. The van der Waals surface area contributed by atoms with E-state index in [9.17, 15) is 18.9 Å². The molecule has 0 aliphatic carbocycles. The smallest absolute Gasteiger partial charge is 0.258 e. The lowest BCUT2D eigenvalue weighted by Crippen LogP contribution is -1.98. The zero-order valence-corrected chi connectivity index (χ0v) is 9.72. The molecule has 19 heavy (non-hydrogen) atoms. The van der Waals surface area contributed by atoms with E-state index in [0.717, 1.165) is 18.2 Å². The second-order valence-corrected chi connectivity index (χ2v) is 3.82. The third-order valence-electron chi connectivity index (χ3n) is 2.52. The Bertz CT molecular complexity index is 639. The van der Waals surface area contributed by atoms with E-state index < -0.39 is 16.6 Å². The maximum atomic E-state index is 13.5. The fourth-order valence-corrected chi connectivity index (χ4v) is 1.62. The van der Waals surface area contributed by atoms with E-state index in [2.05, 4.69) is 0 Å². The van der Waals surface area contributed by atoms with E-state index in [1.807, 2.05) is 0 Å². The van der Waals surface area contributed by atoms with Gasteiger partial charge in [-0.15, -0.1) is 0 Å². The average Bonchev–Trinajstić information content (AvgIpc) is 2.38. The Morgan fingerprint density at radius 3 is 2.37 bits per heavy atom. The summed E-state index contributed by atoms with van der Waals surface area (Å²) in [6.45, 7) is 0. The van der Waals surface area contributed by atoms with E-state index in [1.54, 1.807) is 30.3 Å². The van der Waals surface area contributed by atoms with Gasteiger partial charge in [0.2, 0.25) is 0 Å². The standard InChI is InChI=1S/C14H9F2NO2/c15-12-7-6-11(13(16)9-12)8-14(17(18)19)10-4-2-1-3-5-10/h1-9H. The Morgan fingerprint density at radius 2 is 1.79 bits per heavy atom. The van der Waals surface area contributed by atoms with Crippen LogP contribution < -0.4 is 0 Å². The largest absolute Gasteiger partial charge is 0.277 e. The van der Waals surface area contributed by atoms with Crippen LogP contribution in [0.25, 0.3) is 11.8 Å². The number of nitrogens with zero attached hydrogens (tertiary/aromatic N) is 1. The summed E-state index contributed by atoms with van der Waals surface area (Å²) in [7, 11) is 0. The quantitative estimate of drug-likeness (QED) is 0.480. The van der Waals surface area contributed by atoms with E-state index in [4.69, 9.17) is 0 Å². The number of benzene rings is 2. The number of hydrogen-bond donors (Lipinski definition) is 0. The fourth-order valence-electron chi connectivity index (χ4n) is 1.62. The predicted molar refractivity (Wildman–Crippen MR) is 67.7 cm³/mol. The molecule has 3 nitrogen and oxygen atoms in total. The molecule has 2 aromatic rings. The van der Waals surface area contributed by atoms with E-state index in [-0.39, 0.29) is 11.3 Å². The van der Waals surface area contributed by atoms with Crippen LogP contribution in [0.4, 0.5) is 8.78 Å².